The van der Waals surface area contributed by atoms with Gasteiger partial charge in [-0.05, 0) is 37.5 Å². The van der Waals surface area contributed by atoms with Crippen molar-refractivity contribution in [1.82, 2.24) is 5.32 Å². The Labute approximate surface area is 103 Å². The summed E-state index contributed by atoms with van der Waals surface area (Å²) >= 11 is 3.32. The molecule has 2 nitrogen and oxygen atoms in total. The Balaban J connectivity index is 1.96. The molecule has 0 unspecified atom stereocenters. The SMILES string of the molecule is O[C@@H]1CCC[C@H]1NCc1cc(Br)ccc1F. The van der Waals surface area contributed by atoms with Crippen molar-refractivity contribution in [2.45, 2.75) is 38.0 Å². The molecule has 1 aromatic rings. The van der Waals surface area contributed by atoms with Gasteiger partial charge in [-0.3, -0.25) is 0 Å². The van der Waals surface area contributed by atoms with E-state index in [-0.39, 0.29) is 18.0 Å². The number of aliphatic hydroxyl groups is 1. The van der Waals surface area contributed by atoms with Gasteiger partial charge in [-0.15, -0.1) is 0 Å². The quantitative estimate of drug-likeness (QED) is 0.896. The fourth-order valence-electron chi connectivity index (χ4n) is 2.10. The summed E-state index contributed by atoms with van der Waals surface area (Å²) in [5.74, 6) is -0.205. The van der Waals surface area contributed by atoms with E-state index in [0.717, 1.165) is 23.7 Å². The van der Waals surface area contributed by atoms with Crippen molar-refractivity contribution in [1.29, 1.82) is 0 Å². The summed E-state index contributed by atoms with van der Waals surface area (Å²) in [7, 11) is 0. The Morgan fingerprint density at radius 3 is 2.94 bits per heavy atom. The topological polar surface area (TPSA) is 32.3 Å². The lowest BCUT2D eigenvalue weighted by atomic mass is 10.1. The third-order valence-corrected chi connectivity index (χ3v) is 3.54. The number of nitrogens with one attached hydrogen (secondary N) is 1. The maximum atomic E-state index is 13.4. The Kier molecular flexibility index (Phi) is 3.95. The van der Waals surface area contributed by atoms with Crippen LogP contribution >= 0.6 is 15.9 Å². The normalized spacial score (nSPS) is 24.9. The molecule has 1 aliphatic carbocycles. The van der Waals surface area contributed by atoms with Gasteiger partial charge >= 0.3 is 0 Å². The molecule has 0 spiro atoms. The minimum absolute atomic E-state index is 0.110. The summed E-state index contributed by atoms with van der Waals surface area (Å²) in [4.78, 5) is 0. The molecule has 0 aromatic heterocycles. The van der Waals surface area contributed by atoms with E-state index in [0.29, 0.717) is 12.1 Å². The fraction of sp³-hybridized carbons (Fsp3) is 0.500. The second kappa shape index (κ2) is 5.25. The Hall–Kier alpha value is -0.450. The second-order valence-electron chi connectivity index (χ2n) is 4.22. The van der Waals surface area contributed by atoms with E-state index in [2.05, 4.69) is 21.2 Å². The third-order valence-electron chi connectivity index (χ3n) is 3.04. The largest absolute Gasteiger partial charge is 0.392 e. The van der Waals surface area contributed by atoms with Crippen LogP contribution in [-0.2, 0) is 6.54 Å². The fourth-order valence-corrected chi connectivity index (χ4v) is 2.51. The molecule has 0 radical (unpaired) electrons. The van der Waals surface area contributed by atoms with Gasteiger partial charge in [-0.1, -0.05) is 15.9 Å². The zero-order valence-electron chi connectivity index (χ0n) is 8.92. The van der Waals surface area contributed by atoms with Gasteiger partial charge in [0, 0.05) is 22.6 Å². The van der Waals surface area contributed by atoms with E-state index >= 15 is 0 Å². The van der Waals surface area contributed by atoms with Gasteiger partial charge in [0.25, 0.3) is 0 Å². The molecule has 0 bridgehead atoms. The predicted octanol–water partition coefficient (Wildman–Crippen LogP) is 2.59. The van der Waals surface area contributed by atoms with Crippen LogP contribution in [-0.4, -0.2) is 17.3 Å². The molecule has 4 heteroatoms. The summed E-state index contributed by atoms with van der Waals surface area (Å²) in [6.07, 6.45) is 2.57. The summed E-state index contributed by atoms with van der Waals surface area (Å²) in [5.41, 5.74) is 0.633. The van der Waals surface area contributed by atoms with Crippen LogP contribution in [0.1, 0.15) is 24.8 Å². The number of hydrogen-bond donors (Lipinski definition) is 2. The minimum Gasteiger partial charge on any atom is -0.392 e. The van der Waals surface area contributed by atoms with Crippen LogP contribution in [0.5, 0.6) is 0 Å². The van der Waals surface area contributed by atoms with Crippen LogP contribution < -0.4 is 5.32 Å². The van der Waals surface area contributed by atoms with Crippen molar-refractivity contribution in [3.8, 4) is 0 Å². The zero-order chi connectivity index (χ0) is 11.5. The molecule has 2 rings (SSSR count). The van der Waals surface area contributed by atoms with Gasteiger partial charge in [0.05, 0.1) is 6.10 Å². The highest BCUT2D eigenvalue weighted by atomic mass is 79.9. The maximum Gasteiger partial charge on any atom is 0.127 e. The predicted molar refractivity (Wildman–Crippen MR) is 64.6 cm³/mol. The molecule has 1 aromatic carbocycles. The molecule has 1 aliphatic rings. The highest BCUT2D eigenvalue weighted by Gasteiger charge is 2.24. The summed E-state index contributed by atoms with van der Waals surface area (Å²) < 4.78 is 14.3. The van der Waals surface area contributed by atoms with Gasteiger partial charge in [-0.2, -0.15) is 0 Å². The van der Waals surface area contributed by atoms with Crippen LogP contribution in [0.15, 0.2) is 22.7 Å². The molecule has 0 heterocycles. The molecule has 2 atom stereocenters. The maximum absolute atomic E-state index is 13.4. The van der Waals surface area contributed by atoms with Gasteiger partial charge in [0.1, 0.15) is 5.82 Å². The lowest BCUT2D eigenvalue weighted by Crippen LogP contribution is -2.35. The van der Waals surface area contributed by atoms with Crippen molar-refractivity contribution < 1.29 is 9.50 Å². The van der Waals surface area contributed by atoms with Crippen molar-refractivity contribution in [2.75, 3.05) is 0 Å². The Morgan fingerprint density at radius 1 is 1.44 bits per heavy atom. The first kappa shape index (κ1) is 12.0. The van der Waals surface area contributed by atoms with E-state index < -0.39 is 0 Å². The van der Waals surface area contributed by atoms with E-state index in [1.807, 2.05) is 0 Å². The average molecular weight is 288 g/mol. The molecule has 88 valence electrons. The van der Waals surface area contributed by atoms with Gasteiger partial charge in [-0.25, -0.2) is 4.39 Å². The lowest BCUT2D eigenvalue weighted by molar-refractivity contribution is 0.148. The second-order valence-corrected chi connectivity index (χ2v) is 5.14. The molecule has 0 amide bonds. The van der Waals surface area contributed by atoms with Crippen LogP contribution in [0, 0.1) is 5.82 Å². The summed E-state index contributed by atoms with van der Waals surface area (Å²) in [5, 5.41) is 12.8. The number of halogens is 2. The first-order valence-corrected chi connectivity index (χ1v) is 6.31. The number of hydrogen-bond acceptors (Lipinski definition) is 2. The molecule has 0 aliphatic heterocycles. The van der Waals surface area contributed by atoms with Crippen molar-refractivity contribution in [3.05, 3.63) is 34.1 Å². The molecule has 1 saturated carbocycles. The van der Waals surface area contributed by atoms with Gasteiger partial charge < -0.3 is 10.4 Å². The van der Waals surface area contributed by atoms with E-state index in [9.17, 15) is 9.50 Å². The van der Waals surface area contributed by atoms with Crippen molar-refractivity contribution in [3.63, 3.8) is 0 Å². The number of aliphatic hydroxyl groups excluding tert-OH is 1. The van der Waals surface area contributed by atoms with Crippen LogP contribution in [0.2, 0.25) is 0 Å². The van der Waals surface area contributed by atoms with Crippen molar-refractivity contribution >= 4 is 15.9 Å². The summed E-state index contributed by atoms with van der Waals surface area (Å²) in [6.45, 7) is 0.465. The average Bonchev–Trinajstić information content (AvgIpc) is 2.66. The van der Waals surface area contributed by atoms with Crippen LogP contribution in [0.4, 0.5) is 4.39 Å². The number of rotatable bonds is 3. The Morgan fingerprint density at radius 2 is 2.25 bits per heavy atom. The molecular weight excluding hydrogens is 273 g/mol. The zero-order valence-corrected chi connectivity index (χ0v) is 10.5. The van der Waals surface area contributed by atoms with Crippen LogP contribution in [0.3, 0.4) is 0 Å². The number of benzene rings is 1. The Bertz CT molecular complexity index is 372. The first-order valence-electron chi connectivity index (χ1n) is 5.52. The molecule has 2 N–H and O–H groups in total. The first-order chi connectivity index (χ1) is 7.66. The van der Waals surface area contributed by atoms with E-state index in [4.69, 9.17) is 0 Å². The van der Waals surface area contributed by atoms with E-state index in [1.54, 1.807) is 12.1 Å². The highest BCUT2D eigenvalue weighted by molar-refractivity contribution is 9.10. The van der Waals surface area contributed by atoms with E-state index in [1.165, 1.54) is 6.07 Å². The third kappa shape index (κ3) is 2.81. The standard InChI is InChI=1S/C12H15BrFNO/c13-9-4-5-10(14)8(6-9)7-15-11-2-1-3-12(11)16/h4-6,11-12,15-16H,1-3,7H2/t11-,12-/m1/s1. The minimum atomic E-state index is -0.282. The van der Waals surface area contributed by atoms with Gasteiger partial charge in [0.15, 0.2) is 0 Å². The monoisotopic (exact) mass is 287 g/mol. The van der Waals surface area contributed by atoms with Crippen molar-refractivity contribution in [2.24, 2.45) is 0 Å². The molecule has 16 heavy (non-hydrogen) atoms. The molecule has 0 saturated heterocycles. The smallest absolute Gasteiger partial charge is 0.127 e. The van der Waals surface area contributed by atoms with Crippen LogP contribution in [0.25, 0.3) is 0 Å². The molecular formula is C12H15BrFNO. The van der Waals surface area contributed by atoms with Gasteiger partial charge in [0.2, 0.25) is 0 Å². The molecule has 1 fully saturated rings. The highest BCUT2D eigenvalue weighted by Crippen LogP contribution is 2.20. The lowest BCUT2D eigenvalue weighted by Gasteiger charge is -2.16. The summed E-state index contributed by atoms with van der Waals surface area (Å²) in [6, 6.07) is 5.01.